The van der Waals surface area contributed by atoms with Crippen LogP contribution in [0.3, 0.4) is 0 Å². The van der Waals surface area contributed by atoms with Crippen molar-refractivity contribution in [2.45, 2.75) is 25.4 Å². The van der Waals surface area contributed by atoms with Gasteiger partial charge in [-0.15, -0.1) is 0 Å². The van der Waals surface area contributed by atoms with Crippen molar-refractivity contribution in [2.24, 2.45) is 0 Å². The molecule has 1 aliphatic heterocycles. The first-order valence-corrected chi connectivity index (χ1v) is 20.0. The van der Waals surface area contributed by atoms with Crippen molar-refractivity contribution in [3.8, 4) is 0 Å². The number of carboxylic acid groups (broad SMARTS) is 4. The van der Waals surface area contributed by atoms with E-state index in [1.165, 1.54) is 18.3 Å². The molecule has 1 saturated heterocycles. The van der Waals surface area contributed by atoms with E-state index in [2.05, 4.69) is 46.5 Å². The van der Waals surface area contributed by atoms with Gasteiger partial charge in [-0.25, -0.2) is 14.8 Å². The Morgan fingerprint density at radius 3 is 1.71 bits per heavy atom. The summed E-state index contributed by atoms with van der Waals surface area (Å²) in [5, 5.41) is 51.5. The van der Waals surface area contributed by atoms with E-state index in [9.17, 15) is 58.8 Å². The third-order valence-corrected chi connectivity index (χ3v) is 9.73. The highest BCUT2D eigenvalue weighted by Crippen LogP contribution is 2.13. The monoisotopic (exact) mass is 883 g/mol. The van der Waals surface area contributed by atoms with Crippen molar-refractivity contribution in [3.63, 3.8) is 0 Å². The minimum atomic E-state index is -1.38. The fraction of sp³-hybridized carbons (Fsp3) is 0.500. The molecule has 342 valence electrons. The number of rotatable bonds is 21. The minimum Gasteiger partial charge on any atom is -0.480 e. The summed E-state index contributed by atoms with van der Waals surface area (Å²) in [6.45, 7) is 1.18. The molecule has 25 nitrogen and oxygen atoms in total. The molecule has 0 bridgehead atoms. The van der Waals surface area contributed by atoms with Gasteiger partial charge in [0.2, 0.25) is 17.8 Å². The molecule has 3 heterocycles. The number of benzene rings is 1. The lowest BCUT2D eigenvalue weighted by Crippen LogP contribution is -2.50. The summed E-state index contributed by atoms with van der Waals surface area (Å²) >= 11 is 0. The number of nitrogens with one attached hydrogen (secondary N) is 6. The molecule has 0 saturated carbocycles. The summed E-state index contributed by atoms with van der Waals surface area (Å²) in [5.74, 6) is -5.88. The van der Waals surface area contributed by atoms with Crippen LogP contribution >= 0.6 is 0 Å². The van der Waals surface area contributed by atoms with E-state index < -0.39 is 53.2 Å². The smallest absolute Gasteiger partial charge is 0.326 e. The van der Waals surface area contributed by atoms with Gasteiger partial charge in [0.05, 0.1) is 44.6 Å². The minimum absolute atomic E-state index is 0.0150. The molecule has 1 atom stereocenters. The zero-order chi connectivity index (χ0) is 45.9. The summed E-state index contributed by atoms with van der Waals surface area (Å²) in [6, 6.07) is 4.79. The fourth-order valence-corrected chi connectivity index (χ4v) is 6.40. The molecule has 63 heavy (non-hydrogen) atoms. The van der Waals surface area contributed by atoms with E-state index in [0.717, 1.165) is 0 Å². The maximum absolute atomic E-state index is 12.9. The van der Waals surface area contributed by atoms with Crippen LogP contribution in [0.4, 0.5) is 11.6 Å². The third-order valence-electron chi connectivity index (χ3n) is 9.73. The number of hydrogen-bond acceptors (Lipinski definition) is 17. The van der Waals surface area contributed by atoms with Crippen molar-refractivity contribution >= 4 is 64.4 Å². The van der Waals surface area contributed by atoms with Gasteiger partial charge in [0.1, 0.15) is 6.04 Å². The fourth-order valence-electron chi connectivity index (χ4n) is 6.40. The van der Waals surface area contributed by atoms with Gasteiger partial charge in [-0.3, -0.25) is 58.1 Å². The summed E-state index contributed by atoms with van der Waals surface area (Å²) in [6.07, 6.45) is 1.01. The molecule has 1 fully saturated rings. The molecule has 10 N–H and O–H groups in total. The van der Waals surface area contributed by atoms with Crippen LogP contribution in [0, 0.1) is 0 Å². The molecular formula is C38H53N13O12. The molecule has 1 aromatic carbocycles. The number of aromatic amines is 1. The molecule has 0 unspecified atom stereocenters. The van der Waals surface area contributed by atoms with Crippen LogP contribution in [-0.4, -0.2) is 206 Å². The summed E-state index contributed by atoms with van der Waals surface area (Å²) < 4.78 is 0. The Labute approximate surface area is 360 Å². The second-order valence-electron chi connectivity index (χ2n) is 14.5. The van der Waals surface area contributed by atoms with Crippen molar-refractivity contribution in [1.82, 2.24) is 55.5 Å². The lowest BCUT2D eigenvalue weighted by Gasteiger charge is -2.32. The molecule has 25 heteroatoms. The third kappa shape index (κ3) is 17.2. The Balaban J connectivity index is 1.20. The van der Waals surface area contributed by atoms with Gasteiger partial charge in [0.15, 0.2) is 11.2 Å². The SMILES string of the molecule is CNc1nc2ncc(CNc3ccc(C(=O)N[C@@H](CCC(=O)NCCNC(=O)CN4CCN(CC(=O)O)CCN(CC(=O)O)CCN(CC(=O)O)CC4)C(=O)O)cc3)nc2c(=O)[nH]1. The number of anilines is 2. The van der Waals surface area contributed by atoms with E-state index in [4.69, 9.17) is 0 Å². The van der Waals surface area contributed by atoms with Crippen LogP contribution in [-0.2, 0) is 35.3 Å². The second kappa shape index (κ2) is 24.6. The highest BCUT2D eigenvalue weighted by atomic mass is 16.4. The standard InChI is InChI=1S/C38H53N13O12/c1-39-38-46-34-33(36(61)47-38)44-26(19-43-34)18-42-25-4-2-24(3-5-25)35(60)45-27(37(62)63)6-7-28(52)40-8-9-41-29(53)20-48-10-12-49(21-30(54)55)14-16-51(23-32(58)59)17-15-50(13-11-48)22-31(56)57/h2-5,19,27,42H,6-18,20-23H2,1H3,(H,40,52)(H,41,53)(H,45,60)(H,54,55)(H,56,57)(H,58,59)(H,62,63)(H2,39,43,46,47,61)/t27-/m0/s1. The first-order valence-electron chi connectivity index (χ1n) is 20.0. The second-order valence-corrected chi connectivity index (χ2v) is 14.5. The van der Waals surface area contributed by atoms with E-state index >= 15 is 0 Å². The lowest BCUT2D eigenvalue weighted by atomic mass is 10.1. The first-order chi connectivity index (χ1) is 30.1. The summed E-state index contributed by atoms with van der Waals surface area (Å²) in [7, 11) is 1.61. The van der Waals surface area contributed by atoms with Gasteiger partial charge in [-0.2, -0.15) is 4.98 Å². The van der Waals surface area contributed by atoms with E-state index in [1.807, 2.05) is 0 Å². The topological polar surface area (TPSA) is 345 Å². The molecule has 0 spiro atoms. The molecule has 0 aliphatic carbocycles. The largest absolute Gasteiger partial charge is 0.480 e. The summed E-state index contributed by atoms with van der Waals surface area (Å²) in [5.41, 5.74) is 1.04. The molecule has 0 radical (unpaired) electrons. The number of aliphatic carboxylic acids is 4. The maximum atomic E-state index is 12.9. The number of carboxylic acids is 4. The maximum Gasteiger partial charge on any atom is 0.326 e. The zero-order valence-corrected chi connectivity index (χ0v) is 34.7. The van der Waals surface area contributed by atoms with Crippen molar-refractivity contribution in [1.29, 1.82) is 0 Å². The van der Waals surface area contributed by atoms with Gasteiger partial charge in [-0.05, 0) is 30.7 Å². The van der Waals surface area contributed by atoms with Crippen molar-refractivity contribution < 1.29 is 54.0 Å². The Morgan fingerprint density at radius 1 is 0.714 bits per heavy atom. The molecule has 4 rings (SSSR count). The highest BCUT2D eigenvalue weighted by Gasteiger charge is 2.23. The normalized spacial score (nSPS) is 15.3. The van der Waals surface area contributed by atoms with E-state index in [-0.39, 0.29) is 134 Å². The number of amides is 3. The van der Waals surface area contributed by atoms with Crippen LogP contribution in [0.1, 0.15) is 28.9 Å². The average Bonchev–Trinajstić information content (AvgIpc) is 3.23. The van der Waals surface area contributed by atoms with Gasteiger partial charge < -0.3 is 47.0 Å². The van der Waals surface area contributed by atoms with Gasteiger partial charge in [0.25, 0.3) is 11.5 Å². The number of fused-ring (bicyclic) bond motifs is 1. The predicted octanol–water partition coefficient (Wildman–Crippen LogP) is -2.96. The first kappa shape index (κ1) is 48.8. The number of aromatic nitrogens is 4. The number of nitrogens with zero attached hydrogens (tertiary/aromatic N) is 7. The van der Waals surface area contributed by atoms with Crippen LogP contribution in [0.25, 0.3) is 11.2 Å². The lowest BCUT2D eigenvalue weighted by molar-refractivity contribution is -0.140. The van der Waals surface area contributed by atoms with E-state index in [1.54, 1.807) is 38.8 Å². The molecule has 3 aromatic rings. The van der Waals surface area contributed by atoms with Crippen LogP contribution in [0.5, 0.6) is 0 Å². The highest BCUT2D eigenvalue weighted by molar-refractivity contribution is 5.97. The number of carbonyl (C=O) groups is 7. The Hall–Kier alpha value is -6.83. The quantitative estimate of drug-likeness (QED) is 0.0478. The summed E-state index contributed by atoms with van der Waals surface area (Å²) in [4.78, 5) is 119. The van der Waals surface area contributed by atoms with Crippen LogP contribution in [0.2, 0.25) is 0 Å². The number of carbonyl (C=O) groups excluding carboxylic acids is 3. The van der Waals surface area contributed by atoms with Crippen molar-refractivity contribution in [3.05, 3.63) is 52.1 Å². The zero-order valence-electron chi connectivity index (χ0n) is 34.7. The van der Waals surface area contributed by atoms with Gasteiger partial charge in [-0.1, -0.05) is 0 Å². The Kier molecular flexibility index (Phi) is 19.0. The Bertz CT molecular complexity index is 2110. The van der Waals surface area contributed by atoms with Crippen LogP contribution < -0.4 is 32.1 Å². The Morgan fingerprint density at radius 2 is 1.22 bits per heavy atom. The van der Waals surface area contributed by atoms with Crippen molar-refractivity contribution in [2.75, 3.05) is 109 Å². The molecule has 1 aliphatic rings. The molecule has 2 aromatic heterocycles. The van der Waals surface area contributed by atoms with Gasteiger partial charge >= 0.3 is 23.9 Å². The van der Waals surface area contributed by atoms with Crippen LogP contribution in [0.15, 0.2) is 35.3 Å². The van der Waals surface area contributed by atoms with E-state index in [0.29, 0.717) is 11.4 Å². The number of H-pyrrole nitrogens is 1. The average molecular weight is 884 g/mol. The molecule has 3 amide bonds. The number of hydrogen-bond donors (Lipinski definition) is 10. The molecular weight excluding hydrogens is 830 g/mol. The predicted molar refractivity (Wildman–Crippen MR) is 224 cm³/mol. The van der Waals surface area contributed by atoms with Gasteiger partial charge in [0, 0.05) is 90.2 Å².